The van der Waals surface area contributed by atoms with E-state index in [0.29, 0.717) is 11.7 Å². The molecule has 0 amide bonds. The van der Waals surface area contributed by atoms with E-state index in [1.165, 1.54) is 0 Å². The van der Waals surface area contributed by atoms with Gasteiger partial charge < -0.3 is 10.1 Å². The van der Waals surface area contributed by atoms with Crippen molar-refractivity contribution in [3.8, 4) is 0 Å². The van der Waals surface area contributed by atoms with E-state index in [9.17, 15) is 4.39 Å². The Morgan fingerprint density at radius 2 is 2.28 bits per heavy atom. The predicted octanol–water partition coefficient (Wildman–Crippen LogP) is 3.89. The van der Waals surface area contributed by atoms with Crippen molar-refractivity contribution < 1.29 is 9.13 Å². The number of benzene rings is 1. The van der Waals surface area contributed by atoms with Crippen LogP contribution >= 0.6 is 0 Å². The third-order valence-corrected chi connectivity index (χ3v) is 3.83. The zero-order valence-electron chi connectivity index (χ0n) is 11.4. The maximum absolute atomic E-state index is 13.8. The Morgan fingerprint density at radius 1 is 1.50 bits per heavy atom. The highest BCUT2D eigenvalue weighted by atomic mass is 19.1. The lowest BCUT2D eigenvalue weighted by atomic mass is 9.90. The highest BCUT2D eigenvalue weighted by Crippen LogP contribution is 2.30. The normalized spacial score (nSPS) is 28.1. The summed E-state index contributed by atoms with van der Waals surface area (Å²) in [5.41, 5.74) is 1.48. The first-order chi connectivity index (χ1) is 8.52. The van der Waals surface area contributed by atoms with Crippen LogP contribution < -0.4 is 5.32 Å². The molecule has 0 aromatic heterocycles. The summed E-state index contributed by atoms with van der Waals surface area (Å²) in [6.07, 6.45) is 2.85. The SMILES string of the molecule is CCC1(C)CC(Nc2ccc(C)cc2F)CCO1. The van der Waals surface area contributed by atoms with Crippen LogP contribution in [0.25, 0.3) is 0 Å². The Balaban J connectivity index is 2.05. The smallest absolute Gasteiger partial charge is 0.146 e. The number of anilines is 1. The van der Waals surface area contributed by atoms with Crippen LogP contribution in [0, 0.1) is 12.7 Å². The van der Waals surface area contributed by atoms with E-state index in [1.807, 2.05) is 19.1 Å². The van der Waals surface area contributed by atoms with Crippen LogP contribution in [0.3, 0.4) is 0 Å². The third-order valence-electron chi connectivity index (χ3n) is 3.83. The first-order valence-corrected chi connectivity index (χ1v) is 6.69. The van der Waals surface area contributed by atoms with E-state index in [0.717, 1.165) is 31.4 Å². The molecule has 0 saturated carbocycles. The van der Waals surface area contributed by atoms with Gasteiger partial charge in [0.25, 0.3) is 0 Å². The second-order valence-corrected chi connectivity index (χ2v) is 5.47. The summed E-state index contributed by atoms with van der Waals surface area (Å²) >= 11 is 0. The first kappa shape index (κ1) is 13.3. The van der Waals surface area contributed by atoms with Gasteiger partial charge in [-0.1, -0.05) is 13.0 Å². The van der Waals surface area contributed by atoms with Gasteiger partial charge in [-0.05, 0) is 50.8 Å². The quantitative estimate of drug-likeness (QED) is 0.880. The number of rotatable bonds is 3. The van der Waals surface area contributed by atoms with Crippen molar-refractivity contribution in [1.82, 2.24) is 0 Å². The van der Waals surface area contributed by atoms with E-state index in [-0.39, 0.29) is 11.4 Å². The second kappa shape index (κ2) is 5.27. The first-order valence-electron chi connectivity index (χ1n) is 6.69. The highest BCUT2D eigenvalue weighted by Gasteiger charge is 2.31. The Kier molecular flexibility index (Phi) is 3.91. The molecule has 1 aromatic carbocycles. The Morgan fingerprint density at radius 3 is 2.94 bits per heavy atom. The molecule has 2 nitrogen and oxygen atoms in total. The van der Waals surface area contributed by atoms with Gasteiger partial charge in [0.05, 0.1) is 11.3 Å². The molecule has 1 heterocycles. The standard InChI is InChI=1S/C15H22FNO/c1-4-15(3)10-12(7-8-18-15)17-14-6-5-11(2)9-13(14)16/h5-6,9,12,17H,4,7-8,10H2,1-3H3. The lowest BCUT2D eigenvalue weighted by Crippen LogP contribution is -2.42. The maximum atomic E-state index is 13.8. The van der Waals surface area contributed by atoms with Gasteiger partial charge in [-0.15, -0.1) is 0 Å². The van der Waals surface area contributed by atoms with Crippen LogP contribution in [0.2, 0.25) is 0 Å². The topological polar surface area (TPSA) is 21.3 Å². The minimum Gasteiger partial charge on any atom is -0.380 e. The molecule has 1 aliphatic heterocycles. The zero-order valence-corrected chi connectivity index (χ0v) is 11.4. The van der Waals surface area contributed by atoms with Gasteiger partial charge in [-0.2, -0.15) is 0 Å². The Labute approximate surface area is 109 Å². The summed E-state index contributed by atoms with van der Waals surface area (Å²) in [6, 6.07) is 5.62. The molecule has 1 fully saturated rings. The molecule has 0 spiro atoms. The summed E-state index contributed by atoms with van der Waals surface area (Å²) < 4.78 is 19.6. The molecule has 18 heavy (non-hydrogen) atoms. The molecule has 0 radical (unpaired) electrons. The van der Waals surface area contributed by atoms with Crippen LogP contribution in [0.5, 0.6) is 0 Å². The molecule has 1 aliphatic rings. The fourth-order valence-electron chi connectivity index (χ4n) is 2.46. The van der Waals surface area contributed by atoms with E-state index in [2.05, 4.69) is 19.2 Å². The van der Waals surface area contributed by atoms with Gasteiger partial charge in [-0.3, -0.25) is 0 Å². The molecule has 100 valence electrons. The van der Waals surface area contributed by atoms with Crippen LogP contribution in [-0.4, -0.2) is 18.2 Å². The average molecular weight is 251 g/mol. The molecule has 3 heteroatoms. The highest BCUT2D eigenvalue weighted by molar-refractivity contribution is 5.47. The minimum absolute atomic E-state index is 0.0723. The molecule has 2 rings (SSSR count). The van der Waals surface area contributed by atoms with Gasteiger partial charge in [-0.25, -0.2) is 4.39 Å². The Bertz CT molecular complexity index is 421. The molecule has 1 aromatic rings. The maximum Gasteiger partial charge on any atom is 0.146 e. The van der Waals surface area contributed by atoms with Crippen molar-refractivity contribution in [2.45, 2.75) is 51.7 Å². The minimum atomic E-state index is -0.167. The van der Waals surface area contributed by atoms with Gasteiger partial charge in [0.2, 0.25) is 0 Å². The van der Waals surface area contributed by atoms with Crippen LogP contribution in [0.1, 0.15) is 38.7 Å². The molecule has 0 aliphatic carbocycles. The molecule has 2 unspecified atom stereocenters. The number of hydrogen-bond acceptors (Lipinski definition) is 2. The fraction of sp³-hybridized carbons (Fsp3) is 0.600. The number of halogens is 1. The third kappa shape index (κ3) is 3.02. The van der Waals surface area contributed by atoms with E-state index < -0.39 is 0 Å². The van der Waals surface area contributed by atoms with Crippen LogP contribution in [-0.2, 0) is 4.74 Å². The molecule has 0 bridgehead atoms. The van der Waals surface area contributed by atoms with E-state index >= 15 is 0 Å². The molecule has 1 N–H and O–H groups in total. The number of hydrogen-bond donors (Lipinski definition) is 1. The average Bonchev–Trinajstić information content (AvgIpc) is 2.33. The fourth-order valence-corrected chi connectivity index (χ4v) is 2.46. The van der Waals surface area contributed by atoms with Crippen molar-refractivity contribution in [2.75, 3.05) is 11.9 Å². The van der Waals surface area contributed by atoms with Gasteiger partial charge in [0, 0.05) is 12.6 Å². The Hall–Kier alpha value is -1.09. The van der Waals surface area contributed by atoms with Crippen molar-refractivity contribution in [3.63, 3.8) is 0 Å². The second-order valence-electron chi connectivity index (χ2n) is 5.47. The largest absolute Gasteiger partial charge is 0.380 e. The van der Waals surface area contributed by atoms with Gasteiger partial charge in [0.15, 0.2) is 0 Å². The van der Waals surface area contributed by atoms with Crippen molar-refractivity contribution in [1.29, 1.82) is 0 Å². The van der Waals surface area contributed by atoms with Gasteiger partial charge >= 0.3 is 0 Å². The number of nitrogens with one attached hydrogen (secondary N) is 1. The summed E-state index contributed by atoms with van der Waals surface area (Å²) in [5.74, 6) is -0.167. The molecule has 1 saturated heterocycles. The molecular weight excluding hydrogens is 229 g/mol. The monoisotopic (exact) mass is 251 g/mol. The summed E-state index contributed by atoms with van der Waals surface area (Å²) in [4.78, 5) is 0. The van der Waals surface area contributed by atoms with Crippen LogP contribution in [0.4, 0.5) is 10.1 Å². The van der Waals surface area contributed by atoms with Gasteiger partial charge in [0.1, 0.15) is 5.82 Å². The van der Waals surface area contributed by atoms with Crippen molar-refractivity contribution in [3.05, 3.63) is 29.6 Å². The lowest BCUT2D eigenvalue weighted by Gasteiger charge is -2.38. The molecular formula is C15H22FNO. The van der Waals surface area contributed by atoms with E-state index in [4.69, 9.17) is 4.74 Å². The number of aryl methyl sites for hydroxylation is 1. The lowest BCUT2D eigenvalue weighted by molar-refractivity contribution is -0.0709. The van der Waals surface area contributed by atoms with Crippen LogP contribution in [0.15, 0.2) is 18.2 Å². The van der Waals surface area contributed by atoms with Crippen molar-refractivity contribution >= 4 is 5.69 Å². The summed E-state index contributed by atoms with van der Waals surface area (Å²) in [7, 11) is 0. The van der Waals surface area contributed by atoms with E-state index in [1.54, 1.807) is 6.07 Å². The predicted molar refractivity (Wildman–Crippen MR) is 72.4 cm³/mol. The number of ether oxygens (including phenoxy) is 1. The molecule has 2 atom stereocenters. The zero-order chi connectivity index (χ0) is 13.2. The summed E-state index contributed by atoms with van der Waals surface area (Å²) in [6.45, 7) is 6.91. The van der Waals surface area contributed by atoms with Crippen molar-refractivity contribution in [2.24, 2.45) is 0 Å². The summed E-state index contributed by atoms with van der Waals surface area (Å²) in [5, 5.41) is 3.31.